The highest BCUT2D eigenvalue weighted by Crippen LogP contribution is 2.28. The summed E-state index contributed by atoms with van der Waals surface area (Å²) < 4.78 is 25.1. The summed E-state index contributed by atoms with van der Waals surface area (Å²) in [6.07, 6.45) is 0.999. The highest BCUT2D eigenvalue weighted by Gasteiger charge is 2.21. The lowest BCUT2D eigenvalue weighted by atomic mass is 10.2. The minimum absolute atomic E-state index is 0.133. The molecule has 5 nitrogen and oxygen atoms in total. The van der Waals surface area contributed by atoms with Crippen LogP contribution in [0.1, 0.15) is 5.56 Å². The number of hydrogen-bond donors (Lipinski definition) is 1. The van der Waals surface area contributed by atoms with Crippen molar-refractivity contribution in [3.05, 3.63) is 62.1 Å². The van der Waals surface area contributed by atoms with E-state index in [9.17, 15) is 13.2 Å². The van der Waals surface area contributed by atoms with Gasteiger partial charge in [-0.25, -0.2) is 8.42 Å². The molecule has 1 N–H and O–H groups in total. The maximum atomic E-state index is 12.2. The lowest BCUT2D eigenvalue weighted by Crippen LogP contribution is -2.40. The van der Waals surface area contributed by atoms with E-state index in [4.69, 9.17) is 46.4 Å². The number of sulfonamides is 1. The SMILES string of the molecule is CS(=O)(=O)N(CC(=O)NCc1ccc(Cl)cc1Cl)c1ccc(Cl)c(Cl)c1. The highest BCUT2D eigenvalue weighted by atomic mass is 35.5. The predicted molar refractivity (Wildman–Crippen MR) is 107 cm³/mol. The second-order valence-electron chi connectivity index (χ2n) is 5.38. The van der Waals surface area contributed by atoms with E-state index in [1.807, 2.05) is 0 Å². The first-order chi connectivity index (χ1) is 12.1. The Morgan fingerprint density at radius 1 is 1.00 bits per heavy atom. The summed E-state index contributed by atoms with van der Waals surface area (Å²) in [5.74, 6) is -0.507. The molecule has 0 saturated carbocycles. The van der Waals surface area contributed by atoms with Gasteiger partial charge in [0.05, 0.1) is 22.0 Å². The van der Waals surface area contributed by atoms with Gasteiger partial charge in [0.15, 0.2) is 0 Å². The summed E-state index contributed by atoms with van der Waals surface area (Å²) in [6, 6.07) is 9.20. The Bertz CT molecular complexity index is 935. The average molecular weight is 456 g/mol. The van der Waals surface area contributed by atoms with Gasteiger partial charge in [-0.15, -0.1) is 0 Å². The van der Waals surface area contributed by atoms with Crippen LogP contribution in [0.2, 0.25) is 20.1 Å². The zero-order valence-electron chi connectivity index (χ0n) is 13.5. The third-order valence-corrected chi connectivity index (χ3v) is 5.84. The number of carbonyl (C=O) groups excluding carboxylic acids is 1. The van der Waals surface area contributed by atoms with Gasteiger partial charge in [-0.3, -0.25) is 9.10 Å². The number of anilines is 1. The zero-order valence-corrected chi connectivity index (χ0v) is 17.3. The molecule has 0 atom stereocenters. The molecule has 2 aromatic rings. The zero-order chi connectivity index (χ0) is 19.5. The summed E-state index contributed by atoms with van der Waals surface area (Å²) in [5, 5.41) is 3.98. The van der Waals surface area contributed by atoms with Gasteiger partial charge < -0.3 is 5.32 Å². The van der Waals surface area contributed by atoms with E-state index in [1.54, 1.807) is 18.2 Å². The monoisotopic (exact) mass is 454 g/mol. The Hall–Kier alpha value is -1.18. The first-order valence-corrected chi connectivity index (χ1v) is 10.6. The van der Waals surface area contributed by atoms with Crippen LogP contribution in [0.5, 0.6) is 0 Å². The van der Waals surface area contributed by atoms with Crippen molar-refractivity contribution in [1.82, 2.24) is 5.32 Å². The van der Waals surface area contributed by atoms with E-state index in [0.29, 0.717) is 15.6 Å². The Morgan fingerprint density at radius 3 is 2.27 bits per heavy atom. The van der Waals surface area contributed by atoms with Crippen molar-refractivity contribution in [3.8, 4) is 0 Å². The minimum atomic E-state index is -3.71. The molecule has 0 aliphatic rings. The van der Waals surface area contributed by atoms with Crippen molar-refractivity contribution in [3.63, 3.8) is 0 Å². The molecule has 0 saturated heterocycles. The van der Waals surface area contributed by atoms with Crippen LogP contribution >= 0.6 is 46.4 Å². The van der Waals surface area contributed by atoms with Crippen molar-refractivity contribution in [2.45, 2.75) is 6.54 Å². The third-order valence-electron chi connectivity index (χ3n) is 3.37. The van der Waals surface area contributed by atoms with E-state index in [1.165, 1.54) is 18.2 Å². The summed E-state index contributed by atoms with van der Waals surface area (Å²) in [4.78, 5) is 12.2. The molecule has 2 rings (SSSR count). The molecule has 26 heavy (non-hydrogen) atoms. The van der Waals surface area contributed by atoms with E-state index < -0.39 is 22.5 Å². The van der Waals surface area contributed by atoms with Gasteiger partial charge in [0.2, 0.25) is 15.9 Å². The summed E-state index contributed by atoms with van der Waals surface area (Å²) in [7, 11) is -3.71. The smallest absolute Gasteiger partial charge is 0.241 e. The maximum Gasteiger partial charge on any atom is 0.241 e. The van der Waals surface area contributed by atoms with Crippen LogP contribution in [0.4, 0.5) is 5.69 Å². The Labute approximate surface area is 171 Å². The number of carbonyl (C=O) groups is 1. The molecule has 0 heterocycles. The van der Waals surface area contributed by atoms with Crippen LogP contribution in [0, 0.1) is 0 Å². The van der Waals surface area contributed by atoms with Gasteiger partial charge in [-0.1, -0.05) is 52.5 Å². The molecule has 10 heteroatoms. The summed E-state index contributed by atoms with van der Waals surface area (Å²) >= 11 is 23.7. The predicted octanol–water partition coefficient (Wildman–Crippen LogP) is 4.38. The van der Waals surface area contributed by atoms with Crippen LogP contribution in [-0.2, 0) is 21.4 Å². The number of nitrogens with zero attached hydrogens (tertiary/aromatic N) is 1. The molecule has 0 bridgehead atoms. The van der Waals surface area contributed by atoms with Gasteiger partial charge in [0.1, 0.15) is 6.54 Å². The van der Waals surface area contributed by atoms with Crippen molar-refractivity contribution >= 4 is 68.0 Å². The Morgan fingerprint density at radius 2 is 1.69 bits per heavy atom. The molecule has 0 spiro atoms. The van der Waals surface area contributed by atoms with E-state index in [-0.39, 0.29) is 22.3 Å². The van der Waals surface area contributed by atoms with Crippen molar-refractivity contribution in [2.24, 2.45) is 0 Å². The van der Waals surface area contributed by atoms with Gasteiger partial charge in [-0.05, 0) is 35.9 Å². The van der Waals surface area contributed by atoms with Gasteiger partial charge in [0, 0.05) is 16.6 Å². The second-order valence-corrected chi connectivity index (χ2v) is 8.95. The standard InChI is InChI=1S/C16H14Cl4N2O3S/c1-26(24,25)22(12-4-5-13(18)15(20)7-12)9-16(23)21-8-10-2-3-11(17)6-14(10)19/h2-7H,8-9H2,1H3,(H,21,23). The molecule has 0 aliphatic heterocycles. The normalized spacial score (nSPS) is 11.3. The molecule has 0 unspecified atom stereocenters. The van der Waals surface area contributed by atoms with Crippen LogP contribution in [0.3, 0.4) is 0 Å². The summed E-state index contributed by atoms with van der Waals surface area (Å²) in [5.41, 5.74) is 0.895. The van der Waals surface area contributed by atoms with E-state index >= 15 is 0 Å². The molecule has 1 amide bonds. The maximum absolute atomic E-state index is 12.2. The van der Waals surface area contributed by atoms with Crippen LogP contribution in [0.25, 0.3) is 0 Å². The van der Waals surface area contributed by atoms with Crippen molar-refractivity contribution < 1.29 is 13.2 Å². The first kappa shape index (κ1) is 21.1. The topological polar surface area (TPSA) is 66.5 Å². The number of rotatable bonds is 6. The second kappa shape index (κ2) is 8.67. The molecule has 140 valence electrons. The number of hydrogen-bond acceptors (Lipinski definition) is 3. The number of amides is 1. The van der Waals surface area contributed by atoms with Crippen LogP contribution in [-0.4, -0.2) is 27.1 Å². The third kappa shape index (κ3) is 5.66. The largest absolute Gasteiger partial charge is 0.350 e. The minimum Gasteiger partial charge on any atom is -0.350 e. The average Bonchev–Trinajstić information content (AvgIpc) is 2.53. The molecular formula is C16H14Cl4N2O3S. The molecule has 0 radical (unpaired) electrons. The fourth-order valence-electron chi connectivity index (χ4n) is 2.09. The van der Waals surface area contributed by atoms with Gasteiger partial charge in [0.25, 0.3) is 0 Å². The molecule has 0 aliphatic carbocycles. The number of benzene rings is 2. The van der Waals surface area contributed by atoms with Crippen LogP contribution in [0.15, 0.2) is 36.4 Å². The molecule has 0 fully saturated rings. The first-order valence-electron chi connectivity index (χ1n) is 7.21. The highest BCUT2D eigenvalue weighted by molar-refractivity contribution is 7.92. The lowest BCUT2D eigenvalue weighted by Gasteiger charge is -2.22. The van der Waals surface area contributed by atoms with Crippen molar-refractivity contribution in [2.75, 3.05) is 17.1 Å². The van der Waals surface area contributed by atoms with Gasteiger partial charge >= 0.3 is 0 Å². The molecular weight excluding hydrogens is 442 g/mol. The fourth-order valence-corrected chi connectivity index (χ4v) is 3.70. The number of halogens is 4. The molecule has 0 aromatic heterocycles. The Balaban J connectivity index is 2.13. The fraction of sp³-hybridized carbons (Fsp3) is 0.188. The Kier molecular flexibility index (Phi) is 7.05. The summed E-state index contributed by atoms with van der Waals surface area (Å²) in [6.45, 7) is -0.282. The van der Waals surface area contributed by atoms with Gasteiger partial charge in [-0.2, -0.15) is 0 Å². The van der Waals surface area contributed by atoms with E-state index in [0.717, 1.165) is 10.6 Å². The number of nitrogens with one attached hydrogen (secondary N) is 1. The molecule has 2 aromatic carbocycles. The lowest BCUT2D eigenvalue weighted by molar-refractivity contribution is -0.119. The quantitative estimate of drug-likeness (QED) is 0.702. The van der Waals surface area contributed by atoms with Crippen molar-refractivity contribution in [1.29, 1.82) is 0 Å². The van der Waals surface area contributed by atoms with Crippen LogP contribution < -0.4 is 9.62 Å². The van der Waals surface area contributed by atoms with E-state index in [2.05, 4.69) is 5.32 Å².